The number of hydrogen-bond donors (Lipinski definition) is 2. The lowest BCUT2D eigenvalue weighted by Gasteiger charge is -2.15. The van der Waals surface area contributed by atoms with Crippen LogP contribution in [-0.2, 0) is 16.0 Å². The maximum Gasteiger partial charge on any atom is 0.339 e. The summed E-state index contributed by atoms with van der Waals surface area (Å²) in [5.41, 5.74) is 2.10. The maximum atomic E-state index is 12.5. The first-order valence-electron chi connectivity index (χ1n) is 11.2. The molecule has 0 aliphatic heterocycles. The molecular formula is C26H29NO6. The number of nitrogens with one attached hydrogen (secondary N) is 1. The Bertz CT molecular complexity index is 1170. The van der Waals surface area contributed by atoms with Gasteiger partial charge in [0.2, 0.25) is 0 Å². The minimum Gasteiger partial charge on any atom is -0.484 e. The van der Waals surface area contributed by atoms with Crippen LogP contribution in [0, 0.1) is 6.92 Å². The number of ether oxygens (including phenoxy) is 1. The molecule has 7 heteroatoms. The SMILES string of the molecule is CCCCCCc1c(C)c2ccc(OCC(=O)NC(C(=O)O)c3ccccc3)cc2oc1=O. The number of aryl methyl sites for hydroxylation is 1. The van der Waals surface area contributed by atoms with E-state index in [0.29, 0.717) is 28.9 Å². The molecule has 174 valence electrons. The van der Waals surface area contributed by atoms with E-state index in [0.717, 1.165) is 36.6 Å². The van der Waals surface area contributed by atoms with Crippen molar-refractivity contribution in [3.63, 3.8) is 0 Å². The molecule has 0 radical (unpaired) electrons. The highest BCUT2D eigenvalue weighted by atomic mass is 16.5. The van der Waals surface area contributed by atoms with E-state index in [1.165, 1.54) is 0 Å². The largest absolute Gasteiger partial charge is 0.484 e. The first kappa shape index (κ1) is 24.0. The highest BCUT2D eigenvalue weighted by Gasteiger charge is 2.22. The van der Waals surface area contributed by atoms with Gasteiger partial charge in [0.15, 0.2) is 12.6 Å². The molecule has 7 nitrogen and oxygen atoms in total. The lowest BCUT2D eigenvalue weighted by atomic mass is 10.0. The van der Waals surface area contributed by atoms with Gasteiger partial charge in [0, 0.05) is 17.0 Å². The Kier molecular flexibility index (Phi) is 8.24. The van der Waals surface area contributed by atoms with E-state index in [9.17, 15) is 19.5 Å². The Morgan fingerprint density at radius 3 is 2.55 bits per heavy atom. The van der Waals surface area contributed by atoms with Crippen molar-refractivity contribution in [1.29, 1.82) is 0 Å². The third-order valence-electron chi connectivity index (χ3n) is 5.59. The number of hydrogen-bond acceptors (Lipinski definition) is 5. The highest BCUT2D eigenvalue weighted by molar-refractivity contribution is 5.86. The lowest BCUT2D eigenvalue weighted by molar-refractivity contribution is -0.142. The second kappa shape index (κ2) is 11.3. The smallest absolute Gasteiger partial charge is 0.339 e. The first-order chi connectivity index (χ1) is 15.9. The van der Waals surface area contributed by atoms with Crippen LogP contribution in [-0.4, -0.2) is 23.6 Å². The number of fused-ring (bicyclic) bond motifs is 1. The number of carboxylic acids is 1. The second-order valence-electron chi connectivity index (χ2n) is 8.00. The molecule has 0 saturated carbocycles. The van der Waals surface area contributed by atoms with Crippen LogP contribution < -0.4 is 15.7 Å². The van der Waals surface area contributed by atoms with Crippen LogP contribution in [0.3, 0.4) is 0 Å². The van der Waals surface area contributed by atoms with Crippen molar-refractivity contribution in [3.05, 3.63) is 75.6 Å². The van der Waals surface area contributed by atoms with E-state index in [1.54, 1.807) is 48.5 Å². The number of benzene rings is 2. The van der Waals surface area contributed by atoms with Gasteiger partial charge in [-0.25, -0.2) is 9.59 Å². The van der Waals surface area contributed by atoms with Gasteiger partial charge in [0.1, 0.15) is 11.3 Å². The molecular weight excluding hydrogens is 422 g/mol. The maximum absolute atomic E-state index is 12.5. The van der Waals surface area contributed by atoms with E-state index in [-0.39, 0.29) is 12.2 Å². The van der Waals surface area contributed by atoms with Crippen LogP contribution >= 0.6 is 0 Å². The fraction of sp³-hybridized carbons (Fsp3) is 0.346. The van der Waals surface area contributed by atoms with Crippen molar-refractivity contribution < 1.29 is 23.8 Å². The third-order valence-corrected chi connectivity index (χ3v) is 5.59. The Morgan fingerprint density at radius 1 is 1.09 bits per heavy atom. The molecule has 2 aromatic carbocycles. The van der Waals surface area contributed by atoms with Gasteiger partial charge in [-0.2, -0.15) is 0 Å². The van der Waals surface area contributed by atoms with E-state index in [2.05, 4.69) is 12.2 Å². The number of carbonyl (C=O) groups excluding carboxylic acids is 1. The van der Waals surface area contributed by atoms with E-state index in [1.807, 2.05) is 6.92 Å². The Hall–Kier alpha value is -3.61. The van der Waals surface area contributed by atoms with Crippen LogP contribution in [0.2, 0.25) is 0 Å². The van der Waals surface area contributed by atoms with Gasteiger partial charge in [0.05, 0.1) is 0 Å². The molecule has 1 atom stereocenters. The molecule has 0 fully saturated rings. The number of carbonyl (C=O) groups is 2. The first-order valence-corrected chi connectivity index (χ1v) is 11.2. The van der Waals surface area contributed by atoms with Gasteiger partial charge in [0.25, 0.3) is 5.91 Å². The summed E-state index contributed by atoms with van der Waals surface area (Å²) in [4.78, 5) is 36.3. The van der Waals surface area contributed by atoms with Crippen LogP contribution in [0.4, 0.5) is 0 Å². The van der Waals surface area contributed by atoms with Crippen molar-refractivity contribution >= 4 is 22.8 Å². The van der Waals surface area contributed by atoms with Gasteiger partial charge in [-0.3, -0.25) is 4.79 Å². The van der Waals surface area contributed by atoms with E-state index in [4.69, 9.17) is 9.15 Å². The Balaban J connectivity index is 1.67. The number of aliphatic carboxylic acids is 1. The van der Waals surface area contributed by atoms with Gasteiger partial charge in [-0.15, -0.1) is 0 Å². The van der Waals surface area contributed by atoms with Crippen LogP contribution in [0.25, 0.3) is 11.0 Å². The molecule has 1 aromatic heterocycles. The number of amides is 1. The fourth-order valence-electron chi connectivity index (χ4n) is 3.77. The van der Waals surface area contributed by atoms with Crippen molar-refractivity contribution in [2.24, 2.45) is 0 Å². The summed E-state index contributed by atoms with van der Waals surface area (Å²) in [6, 6.07) is 12.3. The summed E-state index contributed by atoms with van der Waals surface area (Å²) >= 11 is 0. The summed E-state index contributed by atoms with van der Waals surface area (Å²) < 4.78 is 11.0. The van der Waals surface area contributed by atoms with Crippen molar-refractivity contribution in [2.45, 2.75) is 52.0 Å². The Morgan fingerprint density at radius 2 is 1.85 bits per heavy atom. The standard InChI is InChI=1S/C26H29NO6/c1-3-4-5-9-12-21-17(2)20-14-13-19(15-22(20)33-26(21)31)32-16-23(28)27-24(25(29)30)18-10-7-6-8-11-18/h6-8,10-11,13-15,24H,3-5,9,12,16H2,1-2H3,(H,27,28)(H,29,30). The third kappa shape index (κ3) is 6.22. The van der Waals surface area contributed by atoms with Crippen LogP contribution in [0.5, 0.6) is 5.75 Å². The van der Waals surface area contributed by atoms with Crippen molar-refractivity contribution in [3.8, 4) is 5.75 Å². The van der Waals surface area contributed by atoms with Crippen molar-refractivity contribution in [2.75, 3.05) is 6.61 Å². The molecule has 3 rings (SSSR count). The molecule has 0 aliphatic carbocycles. The van der Waals surface area contributed by atoms with Gasteiger partial charge in [-0.1, -0.05) is 56.5 Å². The number of carboxylic acid groups (broad SMARTS) is 1. The monoisotopic (exact) mass is 451 g/mol. The van der Waals surface area contributed by atoms with E-state index < -0.39 is 17.9 Å². The summed E-state index contributed by atoms with van der Waals surface area (Å²) in [5.74, 6) is -1.39. The lowest BCUT2D eigenvalue weighted by Crippen LogP contribution is -2.36. The quantitative estimate of drug-likeness (QED) is 0.327. The molecule has 1 heterocycles. The zero-order chi connectivity index (χ0) is 23.8. The summed E-state index contributed by atoms with van der Waals surface area (Å²) in [6.45, 7) is 3.69. The number of unbranched alkanes of at least 4 members (excludes halogenated alkanes) is 3. The normalized spacial score (nSPS) is 11.8. The zero-order valence-electron chi connectivity index (χ0n) is 18.9. The average Bonchev–Trinajstić information content (AvgIpc) is 2.80. The second-order valence-corrected chi connectivity index (χ2v) is 8.00. The molecule has 1 unspecified atom stereocenters. The van der Waals surface area contributed by atoms with Crippen LogP contribution in [0.1, 0.15) is 55.3 Å². The molecule has 1 amide bonds. The van der Waals surface area contributed by atoms with Crippen LogP contribution in [0.15, 0.2) is 57.7 Å². The highest BCUT2D eigenvalue weighted by Crippen LogP contribution is 2.25. The summed E-state index contributed by atoms with van der Waals surface area (Å²) in [7, 11) is 0. The molecule has 0 saturated heterocycles. The molecule has 0 bridgehead atoms. The fourth-order valence-corrected chi connectivity index (χ4v) is 3.77. The van der Waals surface area contributed by atoms with Crippen molar-refractivity contribution in [1.82, 2.24) is 5.32 Å². The summed E-state index contributed by atoms with van der Waals surface area (Å²) in [5, 5.41) is 12.7. The molecule has 2 N–H and O–H groups in total. The predicted molar refractivity (Wildman–Crippen MR) is 126 cm³/mol. The molecule has 0 spiro atoms. The minimum atomic E-state index is -1.17. The molecule has 0 aliphatic rings. The molecule has 3 aromatic rings. The Labute approximate surface area is 192 Å². The number of rotatable bonds is 11. The topological polar surface area (TPSA) is 106 Å². The molecule has 33 heavy (non-hydrogen) atoms. The summed E-state index contributed by atoms with van der Waals surface area (Å²) in [6.07, 6.45) is 4.99. The van der Waals surface area contributed by atoms with Gasteiger partial charge in [-0.05, 0) is 43.0 Å². The predicted octanol–water partition coefficient (Wildman–Crippen LogP) is 4.55. The van der Waals surface area contributed by atoms with E-state index >= 15 is 0 Å². The zero-order valence-corrected chi connectivity index (χ0v) is 18.9. The van der Waals surface area contributed by atoms with Gasteiger partial charge < -0.3 is 19.6 Å². The van der Waals surface area contributed by atoms with Gasteiger partial charge >= 0.3 is 11.6 Å². The minimum absolute atomic E-state index is 0.349. The average molecular weight is 452 g/mol.